The molecular weight excluding hydrogens is 299 g/mol. The zero-order chi connectivity index (χ0) is 13.8. The third-order valence-electron chi connectivity index (χ3n) is 3.15. The Bertz CT molecular complexity index is 428. The topological polar surface area (TPSA) is 26.3 Å². The summed E-state index contributed by atoms with van der Waals surface area (Å²) in [5.41, 5.74) is -0.836. The molecule has 0 aliphatic rings. The summed E-state index contributed by atoms with van der Waals surface area (Å²) in [5.74, 6) is -0.790. The van der Waals surface area contributed by atoms with Gasteiger partial charge in [-0.15, -0.1) is 0 Å². The molecule has 1 aromatic carbocycles. The van der Waals surface area contributed by atoms with Crippen LogP contribution in [0.5, 0.6) is 0 Å². The van der Waals surface area contributed by atoms with Crippen LogP contribution in [0.4, 0.5) is 4.39 Å². The maximum atomic E-state index is 13.8. The van der Waals surface area contributed by atoms with Gasteiger partial charge >= 0.3 is 0 Å². The first-order valence-corrected chi connectivity index (χ1v) is 6.93. The third kappa shape index (κ3) is 2.98. The normalized spacial score (nSPS) is 11.6. The minimum absolute atomic E-state index is 0.0847. The highest BCUT2D eigenvalue weighted by Gasteiger charge is 2.37. The van der Waals surface area contributed by atoms with E-state index in [4.69, 9.17) is 4.74 Å². The van der Waals surface area contributed by atoms with E-state index in [2.05, 4.69) is 15.9 Å². The molecule has 1 aromatic rings. The Hall–Kier alpha value is -0.740. The maximum absolute atomic E-state index is 13.8. The fourth-order valence-electron chi connectivity index (χ4n) is 2.03. The number of halogens is 2. The van der Waals surface area contributed by atoms with Crippen molar-refractivity contribution < 1.29 is 13.9 Å². The van der Waals surface area contributed by atoms with Crippen molar-refractivity contribution in [1.29, 1.82) is 0 Å². The molecule has 0 bridgehead atoms. The monoisotopic (exact) mass is 316 g/mol. The molecule has 0 spiro atoms. The molecule has 100 valence electrons. The van der Waals surface area contributed by atoms with Gasteiger partial charge in [-0.1, -0.05) is 29.8 Å². The van der Waals surface area contributed by atoms with Crippen molar-refractivity contribution in [2.75, 3.05) is 6.61 Å². The number of ether oxygens (including phenoxy) is 1. The van der Waals surface area contributed by atoms with Gasteiger partial charge in [-0.2, -0.15) is 0 Å². The summed E-state index contributed by atoms with van der Waals surface area (Å²) >= 11 is 3.25. The summed E-state index contributed by atoms with van der Waals surface area (Å²) in [5, 5.41) is 0. The van der Waals surface area contributed by atoms with Gasteiger partial charge < -0.3 is 4.74 Å². The lowest BCUT2D eigenvalue weighted by Gasteiger charge is -2.30. The Balaban J connectivity index is 3.21. The second-order valence-corrected chi connectivity index (χ2v) is 5.00. The van der Waals surface area contributed by atoms with Gasteiger partial charge in [0.25, 0.3) is 0 Å². The molecule has 18 heavy (non-hydrogen) atoms. The molecule has 0 aromatic heterocycles. The molecule has 0 radical (unpaired) electrons. The van der Waals surface area contributed by atoms with Gasteiger partial charge in [0.1, 0.15) is 11.4 Å². The SMILES string of the molecule is CCOC(CC)(CC)C(=O)c1cc(Br)ccc1F. The molecule has 0 saturated heterocycles. The Morgan fingerprint density at radius 1 is 1.33 bits per heavy atom. The second-order valence-electron chi connectivity index (χ2n) is 4.09. The first-order valence-electron chi connectivity index (χ1n) is 6.14. The third-order valence-corrected chi connectivity index (χ3v) is 3.64. The molecule has 0 aliphatic heterocycles. The van der Waals surface area contributed by atoms with Gasteiger partial charge in [-0.05, 0) is 38.0 Å². The summed E-state index contributed by atoms with van der Waals surface area (Å²) in [6.07, 6.45) is 1.06. The van der Waals surface area contributed by atoms with Crippen LogP contribution in [-0.4, -0.2) is 18.0 Å². The highest BCUT2D eigenvalue weighted by Crippen LogP contribution is 2.28. The molecule has 0 saturated carbocycles. The number of rotatable bonds is 6. The van der Waals surface area contributed by atoms with Crippen molar-refractivity contribution in [3.8, 4) is 0 Å². The molecule has 0 atom stereocenters. The smallest absolute Gasteiger partial charge is 0.197 e. The quantitative estimate of drug-likeness (QED) is 0.729. The van der Waals surface area contributed by atoms with Crippen LogP contribution in [0.25, 0.3) is 0 Å². The van der Waals surface area contributed by atoms with Crippen molar-refractivity contribution >= 4 is 21.7 Å². The Kier molecular flexibility index (Phi) is 5.47. The highest BCUT2D eigenvalue weighted by molar-refractivity contribution is 9.10. The Labute approximate surface area is 116 Å². The zero-order valence-corrected chi connectivity index (χ0v) is 12.5. The lowest BCUT2D eigenvalue weighted by Crippen LogP contribution is -2.41. The van der Waals surface area contributed by atoms with Gasteiger partial charge in [-0.3, -0.25) is 4.79 Å². The number of benzene rings is 1. The summed E-state index contributed by atoms with van der Waals surface area (Å²) < 4.78 is 20.1. The standard InChI is InChI=1S/C14H18BrFO2/c1-4-14(5-2,18-6-3)13(17)11-9-10(15)7-8-12(11)16/h7-9H,4-6H2,1-3H3. The van der Waals surface area contributed by atoms with Crippen molar-refractivity contribution in [2.45, 2.75) is 39.2 Å². The average Bonchev–Trinajstić information content (AvgIpc) is 2.38. The number of carbonyl (C=O) groups is 1. The summed E-state index contributed by atoms with van der Waals surface area (Å²) in [6, 6.07) is 4.38. The maximum Gasteiger partial charge on any atom is 0.197 e. The van der Waals surface area contributed by atoms with E-state index in [1.54, 1.807) is 6.07 Å². The largest absolute Gasteiger partial charge is 0.367 e. The molecule has 0 unspecified atom stereocenters. The summed E-state index contributed by atoms with van der Waals surface area (Å²) in [4.78, 5) is 12.5. The van der Waals surface area contributed by atoms with Crippen LogP contribution < -0.4 is 0 Å². The highest BCUT2D eigenvalue weighted by atomic mass is 79.9. The van der Waals surface area contributed by atoms with Gasteiger partial charge in [0.15, 0.2) is 5.78 Å². The van der Waals surface area contributed by atoms with E-state index in [1.807, 2.05) is 20.8 Å². The van der Waals surface area contributed by atoms with Crippen LogP contribution in [-0.2, 0) is 4.74 Å². The van der Waals surface area contributed by atoms with Crippen molar-refractivity contribution in [2.24, 2.45) is 0 Å². The Morgan fingerprint density at radius 3 is 2.44 bits per heavy atom. The predicted molar refractivity (Wildman–Crippen MR) is 73.4 cm³/mol. The first kappa shape index (κ1) is 15.3. The summed E-state index contributed by atoms with van der Waals surface area (Å²) in [7, 11) is 0. The molecule has 0 aliphatic carbocycles. The van der Waals surface area contributed by atoms with Gasteiger partial charge in [0.2, 0.25) is 0 Å². The van der Waals surface area contributed by atoms with Crippen molar-refractivity contribution in [3.63, 3.8) is 0 Å². The van der Waals surface area contributed by atoms with Crippen molar-refractivity contribution in [1.82, 2.24) is 0 Å². The van der Waals surface area contributed by atoms with E-state index in [9.17, 15) is 9.18 Å². The van der Waals surface area contributed by atoms with Gasteiger partial charge in [-0.25, -0.2) is 4.39 Å². The van der Waals surface area contributed by atoms with Crippen LogP contribution in [0.15, 0.2) is 22.7 Å². The first-order chi connectivity index (χ1) is 8.50. The second kappa shape index (κ2) is 6.43. The van der Waals surface area contributed by atoms with Crippen LogP contribution in [0.1, 0.15) is 44.0 Å². The van der Waals surface area contributed by atoms with Gasteiger partial charge in [0.05, 0.1) is 5.56 Å². The van der Waals surface area contributed by atoms with Crippen LogP contribution in [0.3, 0.4) is 0 Å². The van der Waals surface area contributed by atoms with Gasteiger partial charge in [0, 0.05) is 11.1 Å². The van der Waals surface area contributed by atoms with Crippen LogP contribution in [0.2, 0.25) is 0 Å². The van der Waals surface area contributed by atoms with Crippen LogP contribution in [0, 0.1) is 5.82 Å². The number of carbonyl (C=O) groups excluding carboxylic acids is 1. The van der Waals surface area contributed by atoms with E-state index in [-0.39, 0.29) is 11.3 Å². The molecular formula is C14H18BrFO2. The predicted octanol–water partition coefficient (Wildman–Crippen LogP) is 4.37. The zero-order valence-electron chi connectivity index (χ0n) is 10.9. The lowest BCUT2D eigenvalue weighted by atomic mass is 9.87. The fourth-order valence-corrected chi connectivity index (χ4v) is 2.40. The van der Waals surface area contributed by atoms with Crippen LogP contribution >= 0.6 is 15.9 Å². The van der Waals surface area contributed by atoms with E-state index in [0.717, 1.165) is 0 Å². The van der Waals surface area contributed by atoms with E-state index in [0.29, 0.717) is 23.9 Å². The minimum atomic E-state index is -0.920. The van der Waals surface area contributed by atoms with E-state index in [1.165, 1.54) is 12.1 Å². The number of hydrogen-bond acceptors (Lipinski definition) is 2. The molecule has 0 fully saturated rings. The summed E-state index contributed by atoms with van der Waals surface area (Å²) in [6.45, 7) is 6.04. The average molecular weight is 317 g/mol. The van der Waals surface area contributed by atoms with E-state index >= 15 is 0 Å². The Morgan fingerprint density at radius 2 is 1.94 bits per heavy atom. The molecule has 2 nitrogen and oxygen atoms in total. The number of Topliss-reactive ketones (excluding diaryl/α,β-unsaturated/α-hetero) is 1. The molecule has 0 N–H and O–H groups in total. The molecule has 0 heterocycles. The minimum Gasteiger partial charge on any atom is -0.367 e. The van der Waals surface area contributed by atoms with E-state index < -0.39 is 11.4 Å². The molecule has 0 amide bonds. The molecule has 1 rings (SSSR count). The molecule has 4 heteroatoms. The fraction of sp³-hybridized carbons (Fsp3) is 0.500. The number of ketones is 1. The van der Waals surface area contributed by atoms with Crippen molar-refractivity contribution in [3.05, 3.63) is 34.1 Å². The number of hydrogen-bond donors (Lipinski definition) is 0. The lowest BCUT2D eigenvalue weighted by molar-refractivity contribution is -0.0253.